The maximum Gasteiger partial charge on any atom is 0.167 e. The highest BCUT2D eigenvalue weighted by molar-refractivity contribution is 6.30. The number of ketones is 1. The predicted octanol–water partition coefficient (Wildman–Crippen LogP) is 5.54. The van der Waals surface area contributed by atoms with Crippen molar-refractivity contribution in [3.05, 3.63) is 107 Å². The van der Waals surface area contributed by atoms with E-state index in [1.807, 2.05) is 84.9 Å². The lowest BCUT2D eigenvalue weighted by Crippen LogP contribution is -2.46. The number of hydrogen-bond donors (Lipinski definition) is 0. The smallest absolute Gasteiger partial charge is 0.167 e. The zero-order valence-electron chi connectivity index (χ0n) is 17.2. The average Bonchev–Trinajstić information content (AvgIpc) is 2.80. The molecule has 0 aliphatic carbocycles. The monoisotopic (exact) mass is 436 g/mol. The van der Waals surface area contributed by atoms with Gasteiger partial charge in [-0.15, -0.1) is 0 Å². The molecule has 3 aromatic carbocycles. The Morgan fingerprint density at radius 3 is 2.10 bits per heavy atom. The lowest BCUT2D eigenvalue weighted by molar-refractivity contribution is -0.179. The third-order valence-electron chi connectivity index (χ3n) is 5.29. The van der Waals surface area contributed by atoms with Crippen LogP contribution in [-0.2, 0) is 32.2 Å². The first kappa shape index (κ1) is 21.7. The van der Waals surface area contributed by atoms with Gasteiger partial charge in [0.25, 0.3) is 0 Å². The molecule has 3 atom stereocenters. The van der Waals surface area contributed by atoms with Crippen LogP contribution in [0.15, 0.2) is 84.9 Å². The van der Waals surface area contributed by atoms with Gasteiger partial charge in [-0.25, -0.2) is 0 Å². The first-order valence-corrected chi connectivity index (χ1v) is 10.8. The summed E-state index contributed by atoms with van der Waals surface area (Å²) in [5.41, 5.74) is 3.01. The van der Waals surface area contributed by atoms with Crippen LogP contribution in [0.4, 0.5) is 0 Å². The predicted molar refractivity (Wildman–Crippen MR) is 120 cm³/mol. The van der Waals surface area contributed by atoms with Gasteiger partial charge in [0.1, 0.15) is 12.2 Å². The van der Waals surface area contributed by atoms with Crippen molar-refractivity contribution in [1.82, 2.24) is 0 Å². The second-order valence-corrected chi connectivity index (χ2v) is 8.04. The number of carbonyl (C=O) groups excluding carboxylic acids is 1. The maximum atomic E-state index is 13.0. The molecule has 0 amide bonds. The van der Waals surface area contributed by atoms with E-state index in [-0.39, 0.29) is 24.9 Å². The van der Waals surface area contributed by atoms with Gasteiger partial charge >= 0.3 is 0 Å². The molecule has 5 heteroatoms. The van der Waals surface area contributed by atoms with Crippen LogP contribution in [0, 0.1) is 0 Å². The molecule has 0 spiro atoms. The lowest BCUT2D eigenvalue weighted by Gasteiger charge is -2.35. The third kappa shape index (κ3) is 6.02. The van der Waals surface area contributed by atoms with Crippen LogP contribution in [0.1, 0.15) is 29.2 Å². The molecule has 0 unspecified atom stereocenters. The van der Waals surface area contributed by atoms with E-state index in [4.69, 9.17) is 25.8 Å². The Labute approximate surface area is 187 Å². The Kier molecular flexibility index (Phi) is 7.49. The Morgan fingerprint density at radius 2 is 1.45 bits per heavy atom. The molecule has 4 nitrogen and oxygen atoms in total. The van der Waals surface area contributed by atoms with Gasteiger partial charge in [-0.05, 0) is 28.8 Å². The number of Topliss-reactive ketones (excluding diaryl/α,β-unsaturated/α-hetero) is 1. The molecule has 0 aromatic heterocycles. The quantitative estimate of drug-likeness (QED) is 0.465. The fourth-order valence-electron chi connectivity index (χ4n) is 3.66. The van der Waals surface area contributed by atoms with Crippen molar-refractivity contribution >= 4 is 17.4 Å². The molecule has 0 radical (unpaired) electrons. The van der Waals surface area contributed by atoms with Crippen LogP contribution in [0.2, 0.25) is 5.02 Å². The van der Waals surface area contributed by atoms with E-state index < -0.39 is 12.2 Å². The third-order valence-corrected chi connectivity index (χ3v) is 5.54. The van der Waals surface area contributed by atoms with Gasteiger partial charge in [0.2, 0.25) is 0 Å². The second kappa shape index (κ2) is 10.7. The molecular formula is C26H25ClO4. The Hall–Kier alpha value is -2.50. The van der Waals surface area contributed by atoms with Gasteiger partial charge in [0.05, 0.1) is 25.9 Å². The van der Waals surface area contributed by atoms with Gasteiger partial charge < -0.3 is 14.2 Å². The molecule has 1 aliphatic heterocycles. The molecule has 31 heavy (non-hydrogen) atoms. The van der Waals surface area contributed by atoms with Crippen molar-refractivity contribution in [3.8, 4) is 0 Å². The molecule has 1 aliphatic rings. The van der Waals surface area contributed by atoms with Crippen LogP contribution in [0.25, 0.3) is 0 Å². The normalized spacial score (nSPS) is 21.2. The minimum absolute atomic E-state index is 0.0236. The topological polar surface area (TPSA) is 44.8 Å². The summed E-state index contributed by atoms with van der Waals surface area (Å²) < 4.78 is 18.2. The molecule has 0 N–H and O–H groups in total. The van der Waals surface area contributed by atoms with Crippen LogP contribution in [-0.4, -0.2) is 24.6 Å². The van der Waals surface area contributed by atoms with E-state index in [9.17, 15) is 4.79 Å². The molecular weight excluding hydrogens is 412 g/mol. The minimum Gasteiger partial charge on any atom is -0.374 e. The summed E-state index contributed by atoms with van der Waals surface area (Å²) in [6.07, 6.45) is -1.24. The summed E-state index contributed by atoms with van der Waals surface area (Å²) in [4.78, 5) is 13.0. The fourth-order valence-corrected chi connectivity index (χ4v) is 3.79. The second-order valence-electron chi connectivity index (χ2n) is 7.60. The van der Waals surface area contributed by atoms with Crippen LogP contribution >= 0.6 is 11.6 Å². The highest BCUT2D eigenvalue weighted by Gasteiger charge is 2.39. The minimum atomic E-state index is -0.667. The average molecular weight is 437 g/mol. The molecule has 4 rings (SSSR count). The molecule has 0 bridgehead atoms. The van der Waals surface area contributed by atoms with Gasteiger partial charge in [-0.1, -0.05) is 84.4 Å². The van der Waals surface area contributed by atoms with E-state index in [1.165, 1.54) is 0 Å². The maximum absolute atomic E-state index is 13.0. The summed E-state index contributed by atoms with van der Waals surface area (Å²) in [5, 5.41) is 0.651. The number of halogens is 1. The molecule has 1 fully saturated rings. The Balaban J connectivity index is 1.45. The molecule has 160 valence electrons. The fraction of sp³-hybridized carbons (Fsp3) is 0.269. The summed E-state index contributed by atoms with van der Waals surface area (Å²) in [6, 6.07) is 27.2. The zero-order valence-corrected chi connectivity index (χ0v) is 17.9. The summed E-state index contributed by atoms with van der Waals surface area (Å²) >= 11 is 6.01. The molecule has 3 aromatic rings. The zero-order chi connectivity index (χ0) is 21.5. The summed E-state index contributed by atoms with van der Waals surface area (Å²) in [6.45, 7) is 1.07. The van der Waals surface area contributed by atoms with E-state index in [0.717, 1.165) is 16.7 Å². The van der Waals surface area contributed by atoms with Crippen molar-refractivity contribution in [2.24, 2.45) is 0 Å². The van der Waals surface area contributed by atoms with E-state index >= 15 is 0 Å². The van der Waals surface area contributed by atoms with E-state index in [2.05, 4.69) is 0 Å². The Morgan fingerprint density at radius 1 is 0.839 bits per heavy atom. The number of rotatable bonds is 8. The largest absolute Gasteiger partial charge is 0.374 e. The van der Waals surface area contributed by atoms with Crippen LogP contribution in [0.5, 0.6) is 0 Å². The van der Waals surface area contributed by atoms with Gasteiger partial charge in [-0.3, -0.25) is 4.79 Å². The van der Waals surface area contributed by atoms with Gasteiger partial charge in [0, 0.05) is 11.4 Å². The highest BCUT2D eigenvalue weighted by Crippen LogP contribution is 2.32. The van der Waals surface area contributed by atoms with Crippen molar-refractivity contribution < 1.29 is 19.0 Å². The van der Waals surface area contributed by atoms with Crippen molar-refractivity contribution in [1.29, 1.82) is 0 Å². The van der Waals surface area contributed by atoms with E-state index in [0.29, 0.717) is 18.2 Å². The number of benzene rings is 3. The standard InChI is InChI=1S/C26H25ClO4/c27-22-13-11-21(12-14-22)24-15-23(28)26(30-17-20-9-5-2-6-10-20)25(31-24)18-29-16-19-7-3-1-4-8-19/h1-14,24-26H,15-18H2/t24-,25-,26+/m1/s1. The van der Waals surface area contributed by atoms with Gasteiger partial charge in [0.15, 0.2) is 5.78 Å². The number of ether oxygens (including phenoxy) is 3. The molecule has 1 heterocycles. The van der Waals surface area contributed by atoms with Crippen LogP contribution < -0.4 is 0 Å². The first-order valence-electron chi connectivity index (χ1n) is 10.4. The summed E-state index contributed by atoms with van der Waals surface area (Å²) in [7, 11) is 0. The SMILES string of the molecule is O=C1C[C@H](c2ccc(Cl)cc2)O[C@H](COCc2ccccc2)[C@H]1OCc1ccccc1. The number of hydrogen-bond acceptors (Lipinski definition) is 4. The van der Waals surface area contributed by atoms with Crippen molar-refractivity contribution in [2.45, 2.75) is 37.9 Å². The van der Waals surface area contributed by atoms with Crippen molar-refractivity contribution in [3.63, 3.8) is 0 Å². The summed E-state index contributed by atoms with van der Waals surface area (Å²) in [5.74, 6) is 0.0236. The number of carbonyl (C=O) groups is 1. The molecule has 1 saturated heterocycles. The Bertz CT molecular complexity index is 960. The highest BCUT2D eigenvalue weighted by atomic mass is 35.5. The molecule has 0 saturated carbocycles. The van der Waals surface area contributed by atoms with E-state index in [1.54, 1.807) is 0 Å². The van der Waals surface area contributed by atoms with Gasteiger partial charge in [-0.2, -0.15) is 0 Å². The van der Waals surface area contributed by atoms with Crippen molar-refractivity contribution in [2.75, 3.05) is 6.61 Å². The first-order chi connectivity index (χ1) is 15.2. The van der Waals surface area contributed by atoms with Crippen LogP contribution in [0.3, 0.4) is 0 Å². The lowest BCUT2D eigenvalue weighted by atomic mass is 9.95.